The van der Waals surface area contributed by atoms with E-state index in [9.17, 15) is 0 Å². The number of aryl methyl sites for hydroxylation is 1. The van der Waals surface area contributed by atoms with Crippen LogP contribution in [-0.4, -0.2) is 14.8 Å². The normalized spacial score (nSPS) is 10.2. The molecule has 0 saturated carbocycles. The van der Waals surface area contributed by atoms with Crippen molar-refractivity contribution in [3.05, 3.63) is 36.2 Å². The minimum absolute atomic E-state index is 0.547. The van der Waals surface area contributed by atoms with Crippen LogP contribution in [0.15, 0.2) is 30.6 Å². The minimum atomic E-state index is 0.547. The van der Waals surface area contributed by atoms with Crippen LogP contribution in [0.2, 0.25) is 0 Å². The Kier molecular flexibility index (Phi) is 1.73. The molecule has 2 aromatic rings. The number of rotatable bonds is 1. The first-order chi connectivity index (χ1) is 6.27. The number of pyridine rings is 1. The molecular weight excluding hydrogens is 164 g/mol. The van der Waals surface area contributed by atoms with Crippen molar-refractivity contribution in [1.82, 2.24) is 14.8 Å². The molecule has 4 heteroatoms. The minimum Gasteiger partial charge on any atom is -0.382 e. The molecule has 0 saturated heterocycles. The number of aromatic nitrogens is 3. The zero-order chi connectivity index (χ0) is 9.26. The highest BCUT2D eigenvalue weighted by Gasteiger charge is 2.02. The summed E-state index contributed by atoms with van der Waals surface area (Å²) in [4.78, 5) is 4.15. The lowest BCUT2D eigenvalue weighted by Gasteiger charge is -1.96. The first-order valence-electron chi connectivity index (χ1n) is 4.00. The Morgan fingerprint density at radius 2 is 2.23 bits per heavy atom. The van der Waals surface area contributed by atoms with Gasteiger partial charge in [0.2, 0.25) is 0 Å². The quantitative estimate of drug-likeness (QED) is 0.705. The maximum absolute atomic E-state index is 5.62. The summed E-state index contributed by atoms with van der Waals surface area (Å²) in [6.45, 7) is 1.92. The SMILES string of the molecule is Cc1cn(-c2ccccn2)nc1N. The van der Waals surface area contributed by atoms with Gasteiger partial charge in [0.25, 0.3) is 0 Å². The molecule has 66 valence electrons. The molecule has 4 nitrogen and oxygen atoms in total. The average molecular weight is 174 g/mol. The van der Waals surface area contributed by atoms with Crippen molar-refractivity contribution in [2.75, 3.05) is 5.73 Å². The monoisotopic (exact) mass is 174 g/mol. The van der Waals surface area contributed by atoms with E-state index in [4.69, 9.17) is 5.73 Å². The van der Waals surface area contributed by atoms with Gasteiger partial charge >= 0.3 is 0 Å². The standard InChI is InChI=1S/C9H10N4/c1-7-6-13(12-9(7)10)8-4-2-3-5-11-8/h2-6H,1H3,(H2,10,12). The molecule has 13 heavy (non-hydrogen) atoms. The lowest BCUT2D eigenvalue weighted by molar-refractivity contribution is 0.851. The molecule has 0 atom stereocenters. The summed E-state index contributed by atoms with van der Waals surface area (Å²) in [7, 11) is 0. The lowest BCUT2D eigenvalue weighted by Crippen LogP contribution is -1.97. The van der Waals surface area contributed by atoms with Crippen LogP contribution < -0.4 is 5.73 Å². The summed E-state index contributed by atoms with van der Waals surface area (Å²) in [5.74, 6) is 1.33. The van der Waals surface area contributed by atoms with Crippen molar-refractivity contribution in [1.29, 1.82) is 0 Å². The van der Waals surface area contributed by atoms with Crippen LogP contribution in [0.25, 0.3) is 5.82 Å². The predicted molar refractivity (Wildman–Crippen MR) is 50.5 cm³/mol. The van der Waals surface area contributed by atoms with Gasteiger partial charge in [-0.2, -0.15) is 0 Å². The van der Waals surface area contributed by atoms with E-state index in [1.54, 1.807) is 10.9 Å². The van der Waals surface area contributed by atoms with Gasteiger partial charge in [-0.25, -0.2) is 9.67 Å². The number of hydrogen-bond acceptors (Lipinski definition) is 3. The van der Waals surface area contributed by atoms with E-state index in [0.717, 1.165) is 11.4 Å². The first kappa shape index (κ1) is 7.79. The zero-order valence-electron chi connectivity index (χ0n) is 7.31. The molecule has 0 aromatic carbocycles. The smallest absolute Gasteiger partial charge is 0.153 e. The van der Waals surface area contributed by atoms with E-state index in [0.29, 0.717) is 5.82 Å². The number of nitrogen functional groups attached to an aromatic ring is 1. The van der Waals surface area contributed by atoms with E-state index >= 15 is 0 Å². The maximum Gasteiger partial charge on any atom is 0.153 e. The van der Waals surface area contributed by atoms with E-state index < -0.39 is 0 Å². The summed E-state index contributed by atoms with van der Waals surface area (Å²) in [6, 6.07) is 5.66. The summed E-state index contributed by atoms with van der Waals surface area (Å²) < 4.78 is 1.67. The van der Waals surface area contributed by atoms with Gasteiger partial charge in [0.1, 0.15) is 5.82 Å². The Hall–Kier alpha value is -1.84. The molecule has 0 radical (unpaired) electrons. The second-order valence-corrected chi connectivity index (χ2v) is 2.83. The number of anilines is 1. The van der Waals surface area contributed by atoms with Gasteiger partial charge in [0.15, 0.2) is 5.82 Å². The molecule has 0 bridgehead atoms. The molecule has 2 heterocycles. The zero-order valence-corrected chi connectivity index (χ0v) is 7.31. The number of nitrogens with zero attached hydrogens (tertiary/aromatic N) is 3. The maximum atomic E-state index is 5.62. The molecule has 0 amide bonds. The molecule has 0 fully saturated rings. The topological polar surface area (TPSA) is 56.7 Å². The fourth-order valence-electron chi connectivity index (χ4n) is 1.08. The Bertz CT molecular complexity index is 385. The van der Waals surface area contributed by atoms with Gasteiger partial charge in [-0.3, -0.25) is 0 Å². The van der Waals surface area contributed by atoms with Crippen LogP contribution >= 0.6 is 0 Å². The van der Waals surface area contributed by atoms with Crippen LogP contribution in [0.4, 0.5) is 5.82 Å². The molecule has 0 aliphatic carbocycles. The van der Waals surface area contributed by atoms with Crippen molar-refractivity contribution >= 4 is 5.82 Å². The highest BCUT2D eigenvalue weighted by atomic mass is 15.3. The summed E-state index contributed by atoms with van der Waals surface area (Å²) >= 11 is 0. The molecular formula is C9H10N4. The van der Waals surface area contributed by atoms with Gasteiger partial charge in [-0.1, -0.05) is 6.07 Å². The predicted octanol–water partition coefficient (Wildman–Crippen LogP) is 1.16. The van der Waals surface area contributed by atoms with E-state index in [2.05, 4.69) is 10.1 Å². The summed E-state index contributed by atoms with van der Waals surface area (Å²) in [5.41, 5.74) is 6.58. The summed E-state index contributed by atoms with van der Waals surface area (Å²) in [5, 5.41) is 4.11. The first-order valence-corrected chi connectivity index (χ1v) is 4.00. The number of hydrogen-bond donors (Lipinski definition) is 1. The van der Waals surface area contributed by atoms with Gasteiger partial charge in [0, 0.05) is 18.0 Å². The Morgan fingerprint density at radius 1 is 1.38 bits per heavy atom. The highest BCUT2D eigenvalue weighted by Crippen LogP contribution is 2.09. The van der Waals surface area contributed by atoms with Crippen LogP contribution in [0.3, 0.4) is 0 Å². The second kappa shape index (κ2) is 2.90. The molecule has 2 rings (SSSR count). The van der Waals surface area contributed by atoms with Crippen molar-refractivity contribution in [2.24, 2.45) is 0 Å². The van der Waals surface area contributed by atoms with Crippen molar-refractivity contribution in [2.45, 2.75) is 6.92 Å². The van der Waals surface area contributed by atoms with Crippen molar-refractivity contribution < 1.29 is 0 Å². The molecule has 0 aliphatic heterocycles. The third-order valence-electron chi connectivity index (χ3n) is 1.82. The molecule has 2 N–H and O–H groups in total. The lowest BCUT2D eigenvalue weighted by atomic mass is 10.4. The third-order valence-corrected chi connectivity index (χ3v) is 1.82. The highest BCUT2D eigenvalue weighted by molar-refractivity contribution is 5.38. The van der Waals surface area contributed by atoms with Crippen LogP contribution in [0.5, 0.6) is 0 Å². The Labute approximate surface area is 76.0 Å². The van der Waals surface area contributed by atoms with Gasteiger partial charge in [-0.15, -0.1) is 5.10 Å². The van der Waals surface area contributed by atoms with Gasteiger partial charge in [0.05, 0.1) is 0 Å². The van der Waals surface area contributed by atoms with E-state index in [-0.39, 0.29) is 0 Å². The van der Waals surface area contributed by atoms with Gasteiger partial charge in [-0.05, 0) is 19.1 Å². The largest absolute Gasteiger partial charge is 0.382 e. The average Bonchev–Trinajstić information content (AvgIpc) is 2.49. The number of nitrogens with two attached hydrogens (primary N) is 1. The Balaban J connectivity index is 2.48. The van der Waals surface area contributed by atoms with E-state index in [1.807, 2.05) is 31.3 Å². The van der Waals surface area contributed by atoms with E-state index in [1.165, 1.54) is 0 Å². The fourth-order valence-corrected chi connectivity index (χ4v) is 1.08. The molecule has 0 unspecified atom stereocenters. The van der Waals surface area contributed by atoms with Gasteiger partial charge < -0.3 is 5.73 Å². The van der Waals surface area contributed by atoms with Crippen LogP contribution in [-0.2, 0) is 0 Å². The molecule has 0 spiro atoms. The van der Waals surface area contributed by atoms with Crippen LogP contribution in [0, 0.1) is 6.92 Å². The fraction of sp³-hybridized carbons (Fsp3) is 0.111. The van der Waals surface area contributed by atoms with Crippen LogP contribution in [0.1, 0.15) is 5.56 Å². The third kappa shape index (κ3) is 1.38. The summed E-state index contributed by atoms with van der Waals surface area (Å²) in [6.07, 6.45) is 3.58. The second-order valence-electron chi connectivity index (χ2n) is 2.83. The molecule has 2 aromatic heterocycles. The molecule has 0 aliphatic rings. The van der Waals surface area contributed by atoms with Crippen molar-refractivity contribution in [3.8, 4) is 5.82 Å². The Morgan fingerprint density at radius 3 is 2.77 bits per heavy atom. The van der Waals surface area contributed by atoms with Crippen molar-refractivity contribution in [3.63, 3.8) is 0 Å².